The van der Waals surface area contributed by atoms with Crippen molar-refractivity contribution in [2.75, 3.05) is 12.0 Å². The summed E-state index contributed by atoms with van der Waals surface area (Å²) in [6.45, 7) is 4.57. The molecule has 0 unspecified atom stereocenters. The van der Waals surface area contributed by atoms with Crippen molar-refractivity contribution in [1.29, 1.82) is 0 Å². The molecule has 0 nitrogen and oxygen atoms in total. The summed E-state index contributed by atoms with van der Waals surface area (Å²) in [5, 5.41) is 0. The lowest BCUT2D eigenvalue weighted by Gasteiger charge is -2.09. The molecule has 0 N–H and O–H groups in total. The van der Waals surface area contributed by atoms with Crippen molar-refractivity contribution in [3.63, 3.8) is 0 Å². The molecule has 0 aromatic heterocycles. The summed E-state index contributed by atoms with van der Waals surface area (Å²) in [5.74, 6) is 2.32. The van der Waals surface area contributed by atoms with Crippen molar-refractivity contribution < 1.29 is 0 Å². The highest BCUT2D eigenvalue weighted by atomic mass is 32.2. The topological polar surface area (TPSA) is 0 Å². The summed E-state index contributed by atoms with van der Waals surface area (Å²) in [5.41, 5.74) is 0. The first-order valence-electron chi connectivity index (χ1n) is 3.84. The first-order chi connectivity index (χ1) is 4.35. The molecule has 0 saturated carbocycles. The fourth-order valence-corrected chi connectivity index (χ4v) is 1.55. The second-order valence-electron chi connectivity index (χ2n) is 2.46. The first kappa shape index (κ1) is 9.35. The van der Waals surface area contributed by atoms with E-state index in [1.165, 1.54) is 25.0 Å². The maximum atomic E-state index is 2.29. The molecule has 0 saturated heterocycles. The number of rotatable bonds is 5. The van der Waals surface area contributed by atoms with Crippen LogP contribution < -0.4 is 0 Å². The zero-order chi connectivity index (χ0) is 7.11. The smallest absolute Gasteiger partial charge is 0.00677 e. The average molecular weight is 146 g/mol. The van der Waals surface area contributed by atoms with E-state index in [9.17, 15) is 0 Å². The van der Waals surface area contributed by atoms with E-state index >= 15 is 0 Å². The Labute approximate surface area is 63.4 Å². The number of hydrogen-bond donors (Lipinski definition) is 0. The molecule has 0 aliphatic rings. The Morgan fingerprint density at radius 1 is 1.22 bits per heavy atom. The Balaban J connectivity index is 3.09. The lowest BCUT2D eigenvalue weighted by molar-refractivity contribution is 0.481. The van der Waals surface area contributed by atoms with E-state index < -0.39 is 0 Å². The Morgan fingerprint density at radius 2 is 1.78 bits per heavy atom. The Hall–Kier alpha value is 0.350. The number of hydrogen-bond acceptors (Lipinski definition) is 1. The molecule has 0 rings (SSSR count). The predicted molar refractivity (Wildman–Crippen MR) is 47.1 cm³/mol. The van der Waals surface area contributed by atoms with Gasteiger partial charge in [0.25, 0.3) is 0 Å². The SMILES string of the molecule is CCC(CC)CCSC. The van der Waals surface area contributed by atoms with Gasteiger partial charge >= 0.3 is 0 Å². The van der Waals surface area contributed by atoms with E-state index in [2.05, 4.69) is 20.1 Å². The minimum atomic E-state index is 0.984. The van der Waals surface area contributed by atoms with Crippen molar-refractivity contribution in [2.24, 2.45) is 5.92 Å². The summed E-state index contributed by atoms with van der Waals surface area (Å²) in [6, 6.07) is 0. The molecule has 56 valence electrons. The van der Waals surface area contributed by atoms with Crippen LogP contribution in [0.25, 0.3) is 0 Å². The lowest BCUT2D eigenvalue weighted by Crippen LogP contribution is -1.97. The highest BCUT2D eigenvalue weighted by Crippen LogP contribution is 2.14. The second-order valence-corrected chi connectivity index (χ2v) is 3.45. The first-order valence-corrected chi connectivity index (χ1v) is 5.23. The molecule has 0 aliphatic heterocycles. The van der Waals surface area contributed by atoms with Gasteiger partial charge in [-0.3, -0.25) is 0 Å². The van der Waals surface area contributed by atoms with E-state index in [4.69, 9.17) is 0 Å². The molecule has 0 fully saturated rings. The monoisotopic (exact) mass is 146 g/mol. The zero-order valence-corrected chi connectivity index (χ0v) is 7.63. The molecule has 0 aromatic carbocycles. The third kappa shape index (κ3) is 4.83. The van der Waals surface area contributed by atoms with E-state index in [0.717, 1.165) is 5.92 Å². The highest BCUT2D eigenvalue weighted by Gasteiger charge is 2.00. The van der Waals surface area contributed by atoms with Crippen molar-refractivity contribution in [3.8, 4) is 0 Å². The third-order valence-electron chi connectivity index (χ3n) is 1.88. The van der Waals surface area contributed by atoms with Crippen LogP contribution >= 0.6 is 11.8 Å². The molecule has 1 heteroatoms. The molecule has 0 heterocycles. The van der Waals surface area contributed by atoms with Crippen LogP contribution in [0.5, 0.6) is 0 Å². The molecule has 0 spiro atoms. The van der Waals surface area contributed by atoms with Crippen molar-refractivity contribution in [3.05, 3.63) is 0 Å². The van der Waals surface area contributed by atoms with Gasteiger partial charge in [-0.1, -0.05) is 26.7 Å². The molecule has 0 atom stereocenters. The van der Waals surface area contributed by atoms with Crippen molar-refractivity contribution in [1.82, 2.24) is 0 Å². The molecule has 9 heavy (non-hydrogen) atoms. The highest BCUT2D eigenvalue weighted by molar-refractivity contribution is 7.98. The van der Waals surface area contributed by atoms with E-state index in [1.807, 2.05) is 11.8 Å². The van der Waals surface area contributed by atoms with Crippen LogP contribution in [0.3, 0.4) is 0 Å². The minimum Gasteiger partial charge on any atom is -0.165 e. The molecular weight excluding hydrogens is 128 g/mol. The van der Waals surface area contributed by atoms with Gasteiger partial charge in [-0.2, -0.15) is 11.8 Å². The van der Waals surface area contributed by atoms with E-state index in [-0.39, 0.29) is 0 Å². The Kier molecular flexibility index (Phi) is 6.72. The fraction of sp³-hybridized carbons (Fsp3) is 1.00. The summed E-state index contributed by atoms with van der Waals surface area (Å²) in [7, 11) is 0. The zero-order valence-electron chi connectivity index (χ0n) is 6.81. The maximum Gasteiger partial charge on any atom is -0.00677 e. The summed E-state index contributed by atoms with van der Waals surface area (Å²) < 4.78 is 0. The summed E-state index contributed by atoms with van der Waals surface area (Å²) >= 11 is 1.96. The van der Waals surface area contributed by atoms with Crippen LogP contribution in [-0.2, 0) is 0 Å². The van der Waals surface area contributed by atoms with Crippen LogP contribution in [0, 0.1) is 5.92 Å². The second kappa shape index (κ2) is 6.47. The van der Waals surface area contributed by atoms with Gasteiger partial charge in [0.05, 0.1) is 0 Å². The van der Waals surface area contributed by atoms with Crippen LogP contribution in [0.2, 0.25) is 0 Å². The van der Waals surface area contributed by atoms with Crippen LogP contribution in [0.1, 0.15) is 33.1 Å². The minimum absolute atomic E-state index is 0.984. The fourth-order valence-electron chi connectivity index (χ4n) is 0.981. The van der Waals surface area contributed by atoms with Crippen LogP contribution in [-0.4, -0.2) is 12.0 Å². The standard InChI is InChI=1S/C8H18S/c1-4-8(5-2)6-7-9-3/h8H,4-7H2,1-3H3. The van der Waals surface area contributed by atoms with Gasteiger partial charge in [-0.25, -0.2) is 0 Å². The Bertz CT molecular complexity index is 48.5. The van der Waals surface area contributed by atoms with Crippen LogP contribution in [0.4, 0.5) is 0 Å². The van der Waals surface area contributed by atoms with E-state index in [1.54, 1.807) is 0 Å². The quantitative estimate of drug-likeness (QED) is 0.574. The molecule has 0 aliphatic carbocycles. The molecule has 0 aromatic rings. The van der Waals surface area contributed by atoms with E-state index in [0.29, 0.717) is 0 Å². The van der Waals surface area contributed by atoms with Gasteiger partial charge in [0.1, 0.15) is 0 Å². The van der Waals surface area contributed by atoms with Crippen molar-refractivity contribution >= 4 is 11.8 Å². The van der Waals surface area contributed by atoms with Crippen molar-refractivity contribution in [2.45, 2.75) is 33.1 Å². The molecule has 0 amide bonds. The summed E-state index contributed by atoms with van der Waals surface area (Å²) in [4.78, 5) is 0. The van der Waals surface area contributed by atoms with Gasteiger partial charge in [0.15, 0.2) is 0 Å². The third-order valence-corrected chi connectivity index (χ3v) is 2.53. The van der Waals surface area contributed by atoms with Gasteiger partial charge < -0.3 is 0 Å². The van der Waals surface area contributed by atoms with Gasteiger partial charge in [-0.15, -0.1) is 0 Å². The predicted octanol–water partition coefficient (Wildman–Crippen LogP) is 3.18. The number of thioether (sulfide) groups is 1. The molecule has 0 radical (unpaired) electrons. The molecule has 0 bridgehead atoms. The Morgan fingerprint density at radius 3 is 2.11 bits per heavy atom. The molecular formula is C8H18S. The van der Waals surface area contributed by atoms with Gasteiger partial charge in [0, 0.05) is 0 Å². The van der Waals surface area contributed by atoms with Gasteiger partial charge in [-0.05, 0) is 24.3 Å². The average Bonchev–Trinajstić information content (AvgIpc) is 1.91. The summed E-state index contributed by atoms with van der Waals surface area (Å²) in [6.07, 6.45) is 6.31. The van der Waals surface area contributed by atoms with Crippen LogP contribution in [0.15, 0.2) is 0 Å². The lowest BCUT2D eigenvalue weighted by atomic mass is 10.0. The maximum absolute atomic E-state index is 2.29. The normalized spacial score (nSPS) is 10.7. The van der Waals surface area contributed by atoms with Gasteiger partial charge in [0.2, 0.25) is 0 Å². The largest absolute Gasteiger partial charge is 0.165 e.